The normalized spacial score (nSPS) is 11.3. The Morgan fingerprint density at radius 1 is 1.25 bits per heavy atom. The molecule has 2 N–H and O–H groups in total. The zero-order valence-electron chi connectivity index (χ0n) is 15.7. The zero-order valence-corrected chi connectivity index (χ0v) is 15.7. The van der Waals surface area contributed by atoms with Crippen molar-refractivity contribution in [2.24, 2.45) is 5.10 Å². The van der Waals surface area contributed by atoms with Crippen LogP contribution in [0.5, 0.6) is 11.5 Å². The van der Waals surface area contributed by atoms with Crippen molar-refractivity contribution < 1.29 is 14.6 Å². The second-order valence-corrected chi connectivity index (χ2v) is 6.37. The average molecular weight is 380 g/mol. The molecule has 144 valence electrons. The van der Waals surface area contributed by atoms with E-state index in [1.165, 1.54) is 24.1 Å². The Labute approximate surface area is 161 Å². The highest BCUT2D eigenvalue weighted by molar-refractivity contribution is 6.05. The van der Waals surface area contributed by atoms with E-state index in [2.05, 4.69) is 15.6 Å². The molecule has 1 amide bonds. The summed E-state index contributed by atoms with van der Waals surface area (Å²) in [7, 11) is 1.44. The summed E-state index contributed by atoms with van der Waals surface area (Å²) in [5.74, 6) is -0.227. The first-order chi connectivity index (χ1) is 13.4. The van der Waals surface area contributed by atoms with Crippen LogP contribution in [0.3, 0.4) is 0 Å². The van der Waals surface area contributed by atoms with E-state index in [1.807, 2.05) is 13.8 Å². The Bertz CT molecular complexity index is 1120. The van der Waals surface area contributed by atoms with Crippen LogP contribution in [0.2, 0.25) is 0 Å². The number of nitrogens with one attached hydrogen (secondary N) is 1. The Balaban J connectivity index is 1.91. The van der Waals surface area contributed by atoms with Gasteiger partial charge in [-0.25, -0.2) is 10.1 Å². The molecule has 0 saturated carbocycles. The molecule has 0 atom stereocenters. The quantitative estimate of drug-likeness (QED) is 0.522. The molecule has 2 aromatic carbocycles. The molecule has 0 saturated heterocycles. The van der Waals surface area contributed by atoms with Crippen molar-refractivity contribution in [2.45, 2.75) is 19.9 Å². The minimum absolute atomic E-state index is 0.00953. The first kappa shape index (κ1) is 19.1. The van der Waals surface area contributed by atoms with Gasteiger partial charge in [0.2, 0.25) is 0 Å². The number of fused-ring (bicyclic) bond motifs is 1. The van der Waals surface area contributed by atoms with E-state index in [0.717, 1.165) is 0 Å². The number of aromatic hydroxyl groups is 1. The van der Waals surface area contributed by atoms with Crippen molar-refractivity contribution >= 4 is 22.9 Å². The van der Waals surface area contributed by atoms with Crippen molar-refractivity contribution in [3.8, 4) is 11.5 Å². The van der Waals surface area contributed by atoms with Gasteiger partial charge in [-0.2, -0.15) is 10.2 Å². The molecular weight excluding hydrogens is 360 g/mol. The van der Waals surface area contributed by atoms with E-state index in [4.69, 9.17) is 4.74 Å². The number of ether oxygens (including phenoxy) is 1. The molecule has 3 aromatic rings. The molecule has 0 fully saturated rings. The molecule has 8 heteroatoms. The van der Waals surface area contributed by atoms with Crippen LogP contribution in [0.1, 0.15) is 35.9 Å². The molecule has 1 aromatic heterocycles. The van der Waals surface area contributed by atoms with Gasteiger partial charge in [0.25, 0.3) is 11.5 Å². The first-order valence-corrected chi connectivity index (χ1v) is 8.64. The number of amides is 1. The highest BCUT2D eigenvalue weighted by atomic mass is 16.5. The lowest BCUT2D eigenvalue weighted by atomic mass is 10.1. The first-order valence-electron chi connectivity index (χ1n) is 8.64. The summed E-state index contributed by atoms with van der Waals surface area (Å²) in [5, 5.41) is 18.7. The topological polar surface area (TPSA) is 106 Å². The maximum Gasteiger partial charge on any atom is 0.292 e. The largest absolute Gasteiger partial charge is 0.504 e. The summed E-state index contributed by atoms with van der Waals surface area (Å²) < 4.78 is 6.32. The van der Waals surface area contributed by atoms with Crippen LogP contribution in [0, 0.1) is 0 Å². The van der Waals surface area contributed by atoms with Gasteiger partial charge in [-0.1, -0.05) is 18.2 Å². The number of methoxy groups -OCH3 is 1. The number of aromatic nitrogens is 2. The highest BCUT2D eigenvalue weighted by Crippen LogP contribution is 2.25. The van der Waals surface area contributed by atoms with Crippen LogP contribution >= 0.6 is 0 Å². The van der Waals surface area contributed by atoms with Gasteiger partial charge in [0.15, 0.2) is 17.2 Å². The number of phenolic OH excluding ortho intramolecular Hbond substituents is 1. The third-order valence-corrected chi connectivity index (χ3v) is 4.12. The zero-order chi connectivity index (χ0) is 20.3. The van der Waals surface area contributed by atoms with E-state index < -0.39 is 5.91 Å². The number of benzene rings is 2. The van der Waals surface area contributed by atoms with Crippen LogP contribution in [0.25, 0.3) is 10.8 Å². The summed E-state index contributed by atoms with van der Waals surface area (Å²) in [6.07, 6.45) is 1.42. The Hall–Kier alpha value is -3.68. The number of carbonyl (C=O) groups is 1. The van der Waals surface area contributed by atoms with E-state index >= 15 is 0 Å². The van der Waals surface area contributed by atoms with Crippen molar-refractivity contribution in [3.05, 3.63) is 64.1 Å². The van der Waals surface area contributed by atoms with Crippen molar-refractivity contribution in [2.75, 3.05) is 7.11 Å². The van der Waals surface area contributed by atoms with E-state index in [0.29, 0.717) is 22.1 Å². The van der Waals surface area contributed by atoms with Crippen molar-refractivity contribution in [1.29, 1.82) is 0 Å². The molecule has 1 heterocycles. The molecule has 3 rings (SSSR count). The smallest absolute Gasteiger partial charge is 0.292 e. The second kappa shape index (κ2) is 7.91. The standard InChI is InChI=1S/C20H20N4O4/c1-12(2)24-20(27)15-7-5-4-6-14(15)18(23-24)19(26)22-21-11-13-8-9-16(25)17(10-13)28-3/h4-12,25H,1-3H3,(H,22,26)/b21-11+. The maximum absolute atomic E-state index is 12.6. The van der Waals surface area contributed by atoms with Gasteiger partial charge in [0.1, 0.15) is 0 Å². The Morgan fingerprint density at radius 3 is 2.64 bits per heavy atom. The van der Waals surface area contributed by atoms with Gasteiger partial charge in [-0.3, -0.25) is 9.59 Å². The van der Waals surface area contributed by atoms with Crippen LogP contribution in [0.4, 0.5) is 0 Å². The van der Waals surface area contributed by atoms with Crippen molar-refractivity contribution in [3.63, 3.8) is 0 Å². The molecule has 0 spiro atoms. The van der Waals surface area contributed by atoms with Gasteiger partial charge >= 0.3 is 0 Å². The van der Waals surface area contributed by atoms with Crippen LogP contribution in [-0.2, 0) is 0 Å². The number of hydrazone groups is 1. The van der Waals surface area contributed by atoms with E-state index in [9.17, 15) is 14.7 Å². The molecule has 0 aliphatic rings. The average Bonchev–Trinajstić information content (AvgIpc) is 2.69. The molecule has 0 aliphatic heterocycles. The number of hydrogen-bond donors (Lipinski definition) is 2. The molecule has 0 aliphatic carbocycles. The van der Waals surface area contributed by atoms with E-state index in [1.54, 1.807) is 36.4 Å². The second-order valence-electron chi connectivity index (χ2n) is 6.37. The molecular formula is C20H20N4O4. The number of hydrogen-bond acceptors (Lipinski definition) is 6. The Morgan fingerprint density at radius 2 is 1.96 bits per heavy atom. The lowest BCUT2D eigenvalue weighted by Crippen LogP contribution is -2.30. The molecule has 28 heavy (non-hydrogen) atoms. The van der Waals surface area contributed by atoms with E-state index in [-0.39, 0.29) is 23.0 Å². The maximum atomic E-state index is 12.6. The van der Waals surface area contributed by atoms with Gasteiger partial charge in [-0.15, -0.1) is 0 Å². The minimum atomic E-state index is -0.535. The van der Waals surface area contributed by atoms with Crippen LogP contribution in [0.15, 0.2) is 52.4 Å². The highest BCUT2D eigenvalue weighted by Gasteiger charge is 2.17. The van der Waals surface area contributed by atoms with Crippen molar-refractivity contribution in [1.82, 2.24) is 15.2 Å². The molecule has 0 unspecified atom stereocenters. The fourth-order valence-corrected chi connectivity index (χ4v) is 2.72. The number of carbonyl (C=O) groups excluding carboxylic acids is 1. The summed E-state index contributed by atoms with van der Waals surface area (Å²) in [6, 6.07) is 11.3. The van der Waals surface area contributed by atoms with Gasteiger partial charge in [0, 0.05) is 5.39 Å². The lowest BCUT2D eigenvalue weighted by molar-refractivity contribution is 0.0949. The SMILES string of the molecule is COc1cc(/C=N/NC(=O)c2nn(C(C)C)c(=O)c3ccccc23)ccc1O. The summed E-state index contributed by atoms with van der Waals surface area (Å²) in [5.41, 5.74) is 2.92. The summed E-state index contributed by atoms with van der Waals surface area (Å²) in [4.78, 5) is 25.2. The van der Waals surface area contributed by atoms with Gasteiger partial charge < -0.3 is 9.84 Å². The minimum Gasteiger partial charge on any atom is -0.504 e. The predicted molar refractivity (Wildman–Crippen MR) is 106 cm³/mol. The summed E-state index contributed by atoms with van der Waals surface area (Å²) >= 11 is 0. The fraction of sp³-hybridized carbons (Fsp3) is 0.200. The number of rotatable bonds is 5. The molecule has 0 radical (unpaired) electrons. The fourth-order valence-electron chi connectivity index (χ4n) is 2.72. The molecule has 0 bridgehead atoms. The molecule has 8 nitrogen and oxygen atoms in total. The lowest BCUT2D eigenvalue weighted by Gasteiger charge is -2.12. The number of nitrogens with zero attached hydrogens (tertiary/aromatic N) is 3. The monoisotopic (exact) mass is 380 g/mol. The summed E-state index contributed by atoms with van der Waals surface area (Å²) in [6.45, 7) is 3.64. The van der Waals surface area contributed by atoms with Crippen LogP contribution in [-0.4, -0.2) is 34.1 Å². The Kier molecular flexibility index (Phi) is 5.39. The number of phenols is 1. The third kappa shape index (κ3) is 3.71. The van der Waals surface area contributed by atoms with Gasteiger partial charge in [-0.05, 0) is 43.7 Å². The van der Waals surface area contributed by atoms with Crippen LogP contribution < -0.4 is 15.7 Å². The van der Waals surface area contributed by atoms with Gasteiger partial charge in [0.05, 0.1) is 24.8 Å². The predicted octanol–water partition coefficient (Wildman–Crippen LogP) is 2.46. The third-order valence-electron chi connectivity index (χ3n) is 4.12.